The van der Waals surface area contributed by atoms with Gasteiger partial charge in [0, 0.05) is 6.07 Å². The third kappa shape index (κ3) is 2.80. The van der Waals surface area contributed by atoms with Crippen molar-refractivity contribution in [3.05, 3.63) is 22.2 Å². The number of nitro groups is 1. The highest BCUT2D eigenvalue weighted by atomic mass is 16.6. The summed E-state index contributed by atoms with van der Waals surface area (Å²) in [5, 5.41) is 22.5. The van der Waals surface area contributed by atoms with Gasteiger partial charge in [-0.05, 0) is 12.5 Å². The molecule has 1 heterocycles. The number of pyridine rings is 1. The maximum Gasteiger partial charge on any atom is 0.311 e. The normalized spacial score (nSPS) is 12.1. The number of nitrogens with one attached hydrogen (secondary N) is 1. The molecular formula is C9H14N4O3. The average Bonchev–Trinajstić information content (AvgIpc) is 2.25. The number of nitrogen functional groups attached to an aromatic ring is 1. The summed E-state index contributed by atoms with van der Waals surface area (Å²) in [6.07, 6.45) is 0.629. The molecule has 0 spiro atoms. The van der Waals surface area contributed by atoms with Gasteiger partial charge in [0.25, 0.3) is 0 Å². The Labute approximate surface area is 92.4 Å². The topological polar surface area (TPSA) is 114 Å². The summed E-state index contributed by atoms with van der Waals surface area (Å²) in [5.41, 5.74) is 5.30. The molecule has 1 rings (SSSR count). The van der Waals surface area contributed by atoms with Crippen molar-refractivity contribution in [1.29, 1.82) is 0 Å². The lowest BCUT2D eigenvalue weighted by atomic mass is 10.2. The predicted octanol–water partition coefficient (Wildman–Crippen LogP) is 0.755. The van der Waals surface area contributed by atoms with E-state index in [0.29, 0.717) is 6.42 Å². The lowest BCUT2D eigenvalue weighted by Crippen LogP contribution is -2.24. The first-order valence-electron chi connectivity index (χ1n) is 4.86. The SMILES string of the molecule is CCC(CO)Nc1nc(N)ccc1[N+](=O)[O-]. The third-order valence-electron chi connectivity index (χ3n) is 2.15. The highest BCUT2D eigenvalue weighted by Gasteiger charge is 2.17. The Bertz CT molecular complexity index is 379. The van der Waals surface area contributed by atoms with Crippen LogP contribution in [0.1, 0.15) is 13.3 Å². The van der Waals surface area contributed by atoms with Crippen LogP contribution in [-0.2, 0) is 0 Å². The molecule has 16 heavy (non-hydrogen) atoms. The Balaban J connectivity index is 3.00. The molecule has 88 valence electrons. The number of aromatic nitrogens is 1. The molecule has 0 bridgehead atoms. The van der Waals surface area contributed by atoms with E-state index in [-0.39, 0.29) is 30.0 Å². The van der Waals surface area contributed by atoms with Crippen molar-refractivity contribution in [3.8, 4) is 0 Å². The maximum atomic E-state index is 10.7. The van der Waals surface area contributed by atoms with Crippen LogP contribution in [0.3, 0.4) is 0 Å². The lowest BCUT2D eigenvalue weighted by molar-refractivity contribution is -0.384. The fourth-order valence-corrected chi connectivity index (χ4v) is 1.19. The van der Waals surface area contributed by atoms with Crippen molar-refractivity contribution >= 4 is 17.3 Å². The summed E-state index contributed by atoms with van der Waals surface area (Å²) in [6, 6.07) is 2.38. The van der Waals surface area contributed by atoms with E-state index in [4.69, 9.17) is 10.8 Å². The van der Waals surface area contributed by atoms with Crippen LogP contribution >= 0.6 is 0 Å². The summed E-state index contributed by atoms with van der Waals surface area (Å²) >= 11 is 0. The van der Waals surface area contributed by atoms with Gasteiger partial charge in [0.05, 0.1) is 17.6 Å². The second-order valence-corrected chi connectivity index (χ2v) is 3.29. The fourth-order valence-electron chi connectivity index (χ4n) is 1.19. The predicted molar refractivity (Wildman–Crippen MR) is 60.1 cm³/mol. The lowest BCUT2D eigenvalue weighted by Gasteiger charge is -2.14. The molecule has 1 unspecified atom stereocenters. The van der Waals surface area contributed by atoms with Gasteiger partial charge in [-0.25, -0.2) is 4.98 Å². The van der Waals surface area contributed by atoms with Crippen LogP contribution in [-0.4, -0.2) is 27.7 Å². The minimum atomic E-state index is -0.543. The molecule has 0 aliphatic rings. The highest BCUT2D eigenvalue weighted by Crippen LogP contribution is 2.23. The zero-order chi connectivity index (χ0) is 12.1. The molecule has 1 aromatic rings. The standard InChI is InChI=1S/C9H14N4O3/c1-2-6(5-14)11-9-7(13(15)16)3-4-8(10)12-9/h3-4,6,14H,2,5H2,1H3,(H3,10,11,12). The molecular weight excluding hydrogens is 212 g/mol. The number of anilines is 2. The molecule has 0 saturated heterocycles. The molecule has 0 amide bonds. The van der Waals surface area contributed by atoms with Gasteiger partial charge >= 0.3 is 5.69 Å². The second-order valence-electron chi connectivity index (χ2n) is 3.29. The molecule has 0 fully saturated rings. The van der Waals surface area contributed by atoms with Gasteiger partial charge in [-0.1, -0.05) is 6.92 Å². The Morgan fingerprint density at radius 2 is 2.38 bits per heavy atom. The summed E-state index contributed by atoms with van der Waals surface area (Å²) in [5.74, 6) is 0.284. The van der Waals surface area contributed by atoms with Gasteiger partial charge in [-0.2, -0.15) is 0 Å². The van der Waals surface area contributed by atoms with E-state index in [9.17, 15) is 10.1 Å². The molecule has 0 saturated carbocycles. The summed E-state index contributed by atoms with van der Waals surface area (Å²) in [7, 11) is 0. The molecule has 7 nitrogen and oxygen atoms in total. The van der Waals surface area contributed by atoms with Crippen molar-refractivity contribution in [2.75, 3.05) is 17.7 Å². The summed E-state index contributed by atoms with van der Waals surface area (Å²) < 4.78 is 0. The second kappa shape index (κ2) is 5.26. The van der Waals surface area contributed by atoms with Crippen LogP contribution in [0.25, 0.3) is 0 Å². The van der Waals surface area contributed by atoms with Crippen molar-refractivity contribution in [3.63, 3.8) is 0 Å². The van der Waals surface area contributed by atoms with E-state index in [1.54, 1.807) is 0 Å². The molecule has 0 aliphatic heterocycles. The van der Waals surface area contributed by atoms with E-state index >= 15 is 0 Å². The van der Waals surface area contributed by atoms with Crippen LogP contribution in [0, 0.1) is 10.1 Å². The van der Waals surface area contributed by atoms with E-state index in [1.165, 1.54) is 12.1 Å². The minimum Gasteiger partial charge on any atom is -0.394 e. The Morgan fingerprint density at radius 3 is 2.88 bits per heavy atom. The van der Waals surface area contributed by atoms with Crippen LogP contribution < -0.4 is 11.1 Å². The van der Waals surface area contributed by atoms with E-state index in [1.807, 2.05) is 6.92 Å². The first-order valence-corrected chi connectivity index (χ1v) is 4.86. The summed E-state index contributed by atoms with van der Waals surface area (Å²) in [4.78, 5) is 14.0. The first kappa shape index (κ1) is 12.2. The number of rotatable bonds is 5. The largest absolute Gasteiger partial charge is 0.394 e. The van der Waals surface area contributed by atoms with Gasteiger partial charge in [0.1, 0.15) is 5.82 Å². The van der Waals surface area contributed by atoms with Crippen molar-refractivity contribution in [2.45, 2.75) is 19.4 Å². The van der Waals surface area contributed by atoms with Gasteiger partial charge in [0.2, 0.25) is 5.82 Å². The Hall–Kier alpha value is -1.89. The number of aliphatic hydroxyl groups is 1. The molecule has 0 radical (unpaired) electrons. The molecule has 0 aliphatic carbocycles. The number of hydrogen-bond acceptors (Lipinski definition) is 6. The fraction of sp³-hybridized carbons (Fsp3) is 0.444. The van der Waals surface area contributed by atoms with Crippen molar-refractivity contribution < 1.29 is 10.0 Å². The Kier molecular flexibility index (Phi) is 4.01. The first-order chi connectivity index (χ1) is 7.58. The number of nitrogens with two attached hydrogens (primary N) is 1. The van der Waals surface area contributed by atoms with Gasteiger partial charge in [-0.15, -0.1) is 0 Å². The molecule has 1 aromatic heterocycles. The third-order valence-corrected chi connectivity index (χ3v) is 2.15. The van der Waals surface area contributed by atoms with E-state index in [0.717, 1.165) is 0 Å². The summed E-state index contributed by atoms with van der Waals surface area (Å²) in [6.45, 7) is 1.73. The van der Waals surface area contributed by atoms with Crippen LogP contribution in [0.15, 0.2) is 12.1 Å². The molecule has 4 N–H and O–H groups in total. The van der Waals surface area contributed by atoms with Crippen molar-refractivity contribution in [1.82, 2.24) is 4.98 Å². The van der Waals surface area contributed by atoms with Crippen molar-refractivity contribution in [2.24, 2.45) is 0 Å². The zero-order valence-electron chi connectivity index (χ0n) is 8.88. The average molecular weight is 226 g/mol. The number of hydrogen-bond donors (Lipinski definition) is 3. The smallest absolute Gasteiger partial charge is 0.311 e. The molecule has 7 heteroatoms. The monoisotopic (exact) mass is 226 g/mol. The molecule has 1 atom stereocenters. The van der Waals surface area contributed by atoms with E-state index < -0.39 is 4.92 Å². The minimum absolute atomic E-state index is 0.0888. The van der Waals surface area contributed by atoms with Gasteiger partial charge in [0.15, 0.2) is 0 Å². The van der Waals surface area contributed by atoms with Crippen LogP contribution in [0.2, 0.25) is 0 Å². The van der Waals surface area contributed by atoms with Crippen LogP contribution in [0.4, 0.5) is 17.3 Å². The zero-order valence-corrected chi connectivity index (χ0v) is 8.88. The Morgan fingerprint density at radius 1 is 1.69 bits per heavy atom. The van der Waals surface area contributed by atoms with Gasteiger partial charge < -0.3 is 16.2 Å². The van der Waals surface area contributed by atoms with Gasteiger partial charge in [-0.3, -0.25) is 10.1 Å². The number of nitrogens with zero attached hydrogens (tertiary/aromatic N) is 2. The number of aliphatic hydroxyl groups excluding tert-OH is 1. The van der Waals surface area contributed by atoms with Crippen LogP contribution in [0.5, 0.6) is 0 Å². The highest BCUT2D eigenvalue weighted by molar-refractivity contribution is 5.59. The van der Waals surface area contributed by atoms with E-state index in [2.05, 4.69) is 10.3 Å². The quantitative estimate of drug-likeness (QED) is 0.504. The maximum absolute atomic E-state index is 10.7. The molecule has 0 aromatic carbocycles.